The molecule has 1 rings (SSSR count). The van der Waals surface area contributed by atoms with Crippen molar-refractivity contribution in [2.75, 3.05) is 6.26 Å². The lowest BCUT2D eigenvalue weighted by Gasteiger charge is -2.08. The summed E-state index contributed by atoms with van der Waals surface area (Å²) in [6, 6.07) is 9.96. The standard InChI is InChI=1S/C9H12NO2S/c1-13(11,12)9(10)7-8-5-3-2-4-6-8/h3-6,9H,7,10H2,1H3. The van der Waals surface area contributed by atoms with E-state index in [1.165, 1.54) is 0 Å². The molecule has 1 radical (unpaired) electrons. The Balaban J connectivity index is 2.72. The Morgan fingerprint density at radius 2 is 2.00 bits per heavy atom. The molecule has 0 spiro atoms. The van der Waals surface area contributed by atoms with Crippen molar-refractivity contribution in [1.82, 2.24) is 0 Å². The molecule has 0 saturated heterocycles. The van der Waals surface area contributed by atoms with Gasteiger partial charge in [-0.3, -0.25) is 0 Å². The molecule has 0 aliphatic heterocycles. The Morgan fingerprint density at radius 3 is 2.46 bits per heavy atom. The van der Waals surface area contributed by atoms with Crippen LogP contribution in [0.1, 0.15) is 5.56 Å². The number of nitrogens with two attached hydrogens (primary N) is 1. The normalized spacial score (nSPS) is 14.0. The van der Waals surface area contributed by atoms with Crippen LogP contribution in [0.2, 0.25) is 0 Å². The second-order valence-corrected chi connectivity index (χ2v) is 5.24. The van der Waals surface area contributed by atoms with Gasteiger partial charge in [-0.05, 0) is 11.6 Å². The van der Waals surface area contributed by atoms with E-state index in [1.807, 2.05) is 12.1 Å². The maximum absolute atomic E-state index is 11.0. The molecule has 0 saturated carbocycles. The largest absolute Gasteiger partial charge is 0.315 e. The second-order valence-electron chi connectivity index (χ2n) is 2.98. The zero-order chi connectivity index (χ0) is 9.90. The fourth-order valence-corrected chi connectivity index (χ4v) is 1.44. The monoisotopic (exact) mass is 198 g/mol. The van der Waals surface area contributed by atoms with Crippen molar-refractivity contribution >= 4 is 9.84 Å². The smallest absolute Gasteiger partial charge is 0.163 e. The topological polar surface area (TPSA) is 60.2 Å². The van der Waals surface area contributed by atoms with Gasteiger partial charge in [-0.15, -0.1) is 0 Å². The van der Waals surface area contributed by atoms with E-state index in [1.54, 1.807) is 12.1 Å². The fraction of sp³-hybridized carbons (Fsp3) is 0.333. The minimum Gasteiger partial charge on any atom is -0.315 e. The number of benzene rings is 1. The van der Waals surface area contributed by atoms with Crippen LogP contribution in [0.25, 0.3) is 0 Å². The average Bonchev–Trinajstić information content (AvgIpc) is 2.04. The molecule has 0 aromatic heterocycles. The number of sulfone groups is 1. The maximum Gasteiger partial charge on any atom is 0.163 e. The highest BCUT2D eigenvalue weighted by atomic mass is 32.2. The molecule has 1 aromatic rings. The summed E-state index contributed by atoms with van der Waals surface area (Å²) in [4.78, 5) is 0. The van der Waals surface area contributed by atoms with Crippen LogP contribution in [0.15, 0.2) is 24.3 Å². The Kier molecular flexibility index (Phi) is 3.06. The molecule has 1 aromatic carbocycles. The summed E-state index contributed by atoms with van der Waals surface area (Å²) in [5.74, 6) is 0. The van der Waals surface area contributed by atoms with Gasteiger partial charge in [0.1, 0.15) is 5.37 Å². The lowest BCUT2D eigenvalue weighted by Crippen LogP contribution is -2.31. The van der Waals surface area contributed by atoms with E-state index in [0.717, 1.165) is 11.8 Å². The molecule has 71 valence electrons. The number of hydrogen-bond acceptors (Lipinski definition) is 3. The van der Waals surface area contributed by atoms with Crippen molar-refractivity contribution in [3.05, 3.63) is 35.9 Å². The molecule has 3 nitrogen and oxygen atoms in total. The minimum absolute atomic E-state index is 0.355. The van der Waals surface area contributed by atoms with Crippen molar-refractivity contribution in [3.63, 3.8) is 0 Å². The fourth-order valence-electron chi connectivity index (χ4n) is 0.941. The maximum atomic E-state index is 11.0. The van der Waals surface area contributed by atoms with E-state index in [9.17, 15) is 8.42 Å². The van der Waals surface area contributed by atoms with Crippen molar-refractivity contribution in [2.24, 2.45) is 5.73 Å². The Labute approximate surface area is 78.5 Å². The van der Waals surface area contributed by atoms with E-state index in [4.69, 9.17) is 5.73 Å². The van der Waals surface area contributed by atoms with Gasteiger partial charge in [0.15, 0.2) is 9.84 Å². The van der Waals surface area contributed by atoms with Crippen LogP contribution >= 0.6 is 0 Å². The van der Waals surface area contributed by atoms with Crippen molar-refractivity contribution in [2.45, 2.75) is 11.8 Å². The van der Waals surface area contributed by atoms with Gasteiger partial charge in [0, 0.05) is 12.7 Å². The Morgan fingerprint density at radius 1 is 1.46 bits per heavy atom. The summed E-state index contributed by atoms with van der Waals surface area (Å²) in [5.41, 5.74) is 6.40. The summed E-state index contributed by atoms with van der Waals surface area (Å²) in [6.07, 6.45) is 1.50. The van der Waals surface area contributed by atoms with E-state index < -0.39 is 15.2 Å². The quantitative estimate of drug-likeness (QED) is 0.762. The molecule has 0 bridgehead atoms. The van der Waals surface area contributed by atoms with Crippen LogP contribution in [-0.4, -0.2) is 20.0 Å². The SMILES string of the molecule is CS(=O)(=O)C(N)Cc1cc[c]cc1. The van der Waals surface area contributed by atoms with Crippen molar-refractivity contribution < 1.29 is 8.42 Å². The summed E-state index contributed by atoms with van der Waals surface area (Å²) in [7, 11) is -3.13. The molecule has 0 amide bonds. The van der Waals surface area contributed by atoms with Gasteiger partial charge in [-0.2, -0.15) is 0 Å². The molecule has 1 unspecified atom stereocenters. The van der Waals surface area contributed by atoms with Gasteiger partial charge >= 0.3 is 0 Å². The number of rotatable bonds is 3. The van der Waals surface area contributed by atoms with Crippen molar-refractivity contribution in [1.29, 1.82) is 0 Å². The summed E-state index contributed by atoms with van der Waals surface area (Å²) >= 11 is 0. The lowest BCUT2D eigenvalue weighted by atomic mass is 10.2. The summed E-state index contributed by atoms with van der Waals surface area (Å²) in [5, 5.41) is -0.810. The van der Waals surface area contributed by atoms with Gasteiger partial charge in [-0.1, -0.05) is 24.3 Å². The first-order valence-electron chi connectivity index (χ1n) is 3.89. The van der Waals surface area contributed by atoms with Gasteiger partial charge in [0.25, 0.3) is 0 Å². The Hall–Kier alpha value is -0.870. The van der Waals surface area contributed by atoms with Crippen LogP contribution in [0.3, 0.4) is 0 Å². The van der Waals surface area contributed by atoms with E-state index in [-0.39, 0.29) is 0 Å². The first-order chi connectivity index (χ1) is 6.00. The summed E-state index contributed by atoms with van der Waals surface area (Å²) in [6.45, 7) is 0. The zero-order valence-electron chi connectivity index (χ0n) is 7.40. The first kappa shape index (κ1) is 10.2. The molecule has 13 heavy (non-hydrogen) atoms. The first-order valence-corrected chi connectivity index (χ1v) is 5.85. The number of hydrogen-bond donors (Lipinski definition) is 1. The molecule has 1 atom stereocenters. The third-order valence-electron chi connectivity index (χ3n) is 1.77. The van der Waals surface area contributed by atoms with Crippen LogP contribution in [-0.2, 0) is 16.3 Å². The van der Waals surface area contributed by atoms with Crippen LogP contribution < -0.4 is 5.73 Å². The van der Waals surface area contributed by atoms with Crippen LogP contribution in [0, 0.1) is 6.07 Å². The molecule has 0 aliphatic carbocycles. The predicted octanol–water partition coefficient (Wildman–Crippen LogP) is 0.359. The molecular formula is C9H12NO2S. The van der Waals surface area contributed by atoms with Gasteiger partial charge in [-0.25, -0.2) is 8.42 Å². The zero-order valence-corrected chi connectivity index (χ0v) is 8.21. The minimum atomic E-state index is -3.13. The molecule has 0 heterocycles. The van der Waals surface area contributed by atoms with Gasteiger partial charge in [0.2, 0.25) is 0 Å². The van der Waals surface area contributed by atoms with E-state index >= 15 is 0 Å². The highest BCUT2D eigenvalue weighted by Crippen LogP contribution is 2.04. The molecule has 2 N–H and O–H groups in total. The highest BCUT2D eigenvalue weighted by Gasteiger charge is 2.15. The van der Waals surface area contributed by atoms with Gasteiger partial charge < -0.3 is 5.73 Å². The third kappa shape index (κ3) is 3.16. The van der Waals surface area contributed by atoms with Crippen LogP contribution in [0.5, 0.6) is 0 Å². The predicted molar refractivity (Wildman–Crippen MR) is 51.8 cm³/mol. The van der Waals surface area contributed by atoms with Crippen LogP contribution in [0.4, 0.5) is 0 Å². The second kappa shape index (κ2) is 3.89. The summed E-state index contributed by atoms with van der Waals surface area (Å²) < 4.78 is 22.0. The lowest BCUT2D eigenvalue weighted by molar-refractivity contribution is 0.585. The molecule has 0 fully saturated rings. The van der Waals surface area contributed by atoms with E-state index in [2.05, 4.69) is 6.07 Å². The highest BCUT2D eigenvalue weighted by molar-refractivity contribution is 7.91. The third-order valence-corrected chi connectivity index (χ3v) is 3.04. The average molecular weight is 198 g/mol. The van der Waals surface area contributed by atoms with E-state index in [0.29, 0.717) is 6.42 Å². The Bertz CT molecular complexity index is 358. The molecular weight excluding hydrogens is 186 g/mol. The molecule has 0 aliphatic rings. The molecule has 4 heteroatoms. The van der Waals surface area contributed by atoms with Gasteiger partial charge in [0.05, 0.1) is 0 Å². The van der Waals surface area contributed by atoms with Crippen molar-refractivity contribution in [3.8, 4) is 0 Å².